The van der Waals surface area contributed by atoms with Crippen LogP contribution in [0.4, 0.5) is 0 Å². The zero-order valence-corrected chi connectivity index (χ0v) is 11.4. The first-order chi connectivity index (χ1) is 8.34. The molecule has 3 heteroatoms. The largest absolute Gasteiger partial charge is 0.312 e. The molecule has 1 aliphatic heterocycles. The van der Waals surface area contributed by atoms with Crippen molar-refractivity contribution < 1.29 is 0 Å². The Morgan fingerprint density at radius 2 is 2.18 bits per heavy atom. The van der Waals surface area contributed by atoms with Gasteiger partial charge in [0.15, 0.2) is 0 Å². The summed E-state index contributed by atoms with van der Waals surface area (Å²) in [5.74, 6) is 2.38. The fourth-order valence-electron chi connectivity index (χ4n) is 2.17. The average molecular weight is 250 g/mol. The Balaban J connectivity index is 1.60. The smallest absolute Gasteiger partial charge is 0.0185 e. The van der Waals surface area contributed by atoms with Crippen molar-refractivity contribution in [2.75, 3.05) is 31.9 Å². The molecule has 1 aliphatic rings. The van der Waals surface area contributed by atoms with E-state index in [1.165, 1.54) is 31.0 Å². The Morgan fingerprint density at radius 3 is 2.94 bits per heavy atom. The SMILES string of the molecule is C[C@@H]1CN(CCSCc2ccccc2)CCN1. The molecule has 1 aromatic carbocycles. The van der Waals surface area contributed by atoms with E-state index in [0.717, 1.165) is 12.3 Å². The normalized spacial score (nSPS) is 21.6. The molecular weight excluding hydrogens is 228 g/mol. The highest BCUT2D eigenvalue weighted by Crippen LogP contribution is 2.12. The first kappa shape index (κ1) is 12.9. The van der Waals surface area contributed by atoms with Crippen molar-refractivity contribution in [2.45, 2.75) is 18.7 Å². The minimum Gasteiger partial charge on any atom is -0.312 e. The minimum atomic E-state index is 0.655. The van der Waals surface area contributed by atoms with Gasteiger partial charge in [-0.2, -0.15) is 11.8 Å². The van der Waals surface area contributed by atoms with Gasteiger partial charge in [-0.05, 0) is 12.5 Å². The molecule has 2 nitrogen and oxygen atoms in total. The van der Waals surface area contributed by atoms with E-state index < -0.39 is 0 Å². The minimum absolute atomic E-state index is 0.655. The second kappa shape index (κ2) is 7.04. The third-order valence-electron chi connectivity index (χ3n) is 3.12. The lowest BCUT2D eigenvalue weighted by molar-refractivity contribution is 0.218. The summed E-state index contributed by atoms with van der Waals surface area (Å²) >= 11 is 2.04. The number of thioether (sulfide) groups is 1. The lowest BCUT2D eigenvalue weighted by Crippen LogP contribution is -2.49. The molecule has 0 spiro atoms. The van der Waals surface area contributed by atoms with Gasteiger partial charge in [-0.1, -0.05) is 30.3 Å². The molecule has 0 saturated carbocycles. The lowest BCUT2D eigenvalue weighted by Gasteiger charge is -2.31. The maximum Gasteiger partial charge on any atom is 0.0185 e. The van der Waals surface area contributed by atoms with Crippen LogP contribution in [0, 0.1) is 0 Å². The molecule has 94 valence electrons. The van der Waals surface area contributed by atoms with Crippen LogP contribution in [0.1, 0.15) is 12.5 Å². The third-order valence-corrected chi connectivity index (χ3v) is 4.13. The second-order valence-electron chi connectivity index (χ2n) is 4.69. The Labute approximate surface area is 109 Å². The van der Waals surface area contributed by atoms with Crippen LogP contribution in [-0.4, -0.2) is 42.9 Å². The highest BCUT2D eigenvalue weighted by Gasteiger charge is 2.14. The van der Waals surface area contributed by atoms with Gasteiger partial charge in [-0.25, -0.2) is 0 Å². The quantitative estimate of drug-likeness (QED) is 0.807. The zero-order chi connectivity index (χ0) is 11.9. The van der Waals surface area contributed by atoms with Gasteiger partial charge in [0.25, 0.3) is 0 Å². The van der Waals surface area contributed by atoms with Gasteiger partial charge in [0, 0.05) is 43.7 Å². The predicted molar refractivity (Wildman–Crippen MR) is 76.5 cm³/mol. The maximum absolute atomic E-state index is 3.48. The number of hydrogen-bond donors (Lipinski definition) is 1. The summed E-state index contributed by atoms with van der Waals surface area (Å²) in [5.41, 5.74) is 1.44. The molecule has 1 saturated heterocycles. The first-order valence-electron chi connectivity index (χ1n) is 6.42. The fraction of sp³-hybridized carbons (Fsp3) is 0.571. The Kier molecular flexibility index (Phi) is 5.36. The molecule has 1 atom stereocenters. The van der Waals surface area contributed by atoms with Crippen LogP contribution >= 0.6 is 11.8 Å². The number of nitrogens with one attached hydrogen (secondary N) is 1. The highest BCUT2D eigenvalue weighted by atomic mass is 32.2. The van der Waals surface area contributed by atoms with Gasteiger partial charge in [0.05, 0.1) is 0 Å². The second-order valence-corrected chi connectivity index (χ2v) is 5.80. The van der Waals surface area contributed by atoms with Crippen LogP contribution in [0.2, 0.25) is 0 Å². The van der Waals surface area contributed by atoms with E-state index in [9.17, 15) is 0 Å². The van der Waals surface area contributed by atoms with E-state index in [2.05, 4.69) is 47.5 Å². The van der Waals surface area contributed by atoms with E-state index in [0.29, 0.717) is 6.04 Å². The van der Waals surface area contributed by atoms with Crippen LogP contribution in [0.25, 0.3) is 0 Å². The van der Waals surface area contributed by atoms with Crippen molar-refractivity contribution in [3.8, 4) is 0 Å². The summed E-state index contributed by atoms with van der Waals surface area (Å²) in [7, 11) is 0. The predicted octanol–water partition coefficient (Wildman–Crippen LogP) is 2.21. The fourth-order valence-corrected chi connectivity index (χ4v) is 3.13. The van der Waals surface area contributed by atoms with Gasteiger partial charge in [-0.3, -0.25) is 4.90 Å². The van der Waals surface area contributed by atoms with E-state index in [1.807, 2.05) is 11.8 Å². The molecule has 0 aliphatic carbocycles. The van der Waals surface area contributed by atoms with E-state index >= 15 is 0 Å². The average Bonchev–Trinajstić information content (AvgIpc) is 2.36. The van der Waals surface area contributed by atoms with Gasteiger partial charge in [0.1, 0.15) is 0 Å². The molecule has 17 heavy (non-hydrogen) atoms. The van der Waals surface area contributed by atoms with Gasteiger partial charge in [0.2, 0.25) is 0 Å². The molecule has 0 bridgehead atoms. The van der Waals surface area contributed by atoms with Crippen LogP contribution < -0.4 is 5.32 Å². The Bertz CT molecular complexity index is 315. The number of benzene rings is 1. The van der Waals surface area contributed by atoms with E-state index in [-0.39, 0.29) is 0 Å². The molecule has 1 fully saturated rings. The van der Waals surface area contributed by atoms with E-state index in [4.69, 9.17) is 0 Å². The van der Waals surface area contributed by atoms with Gasteiger partial charge >= 0.3 is 0 Å². The van der Waals surface area contributed by atoms with Crippen LogP contribution in [0.15, 0.2) is 30.3 Å². The van der Waals surface area contributed by atoms with Gasteiger partial charge in [-0.15, -0.1) is 0 Å². The summed E-state index contributed by atoms with van der Waals surface area (Å²) in [6.07, 6.45) is 0. The van der Waals surface area contributed by atoms with Crippen molar-refractivity contribution in [3.63, 3.8) is 0 Å². The zero-order valence-electron chi connectivity index (χ0n) is 10.6. The molecule has 2 rings (SSSR count). The molecule has 0 radical (unpaired) electrons. The number of nitrogens with zero attached hydrogens (tertiary/aromatic N) is 1. The highest BCUT2D eigenvalue weighted by molar-refractivity contribution is 7.98. The third kappa shape index (κ3) is 4.70. The summed E-state index contributed by atoms with van der Waals surface area (Å²) < 4.78 is 0. The molecular formula is C14H22N2S. The molecule has 0 aromatic heterocycles. The number of piperazine rings is 1. The Hall–Kier alpha value is -0.510. The lowest BCUT2D eigenvalue weighted by atomic mass is 10.2. The summed E-state index contributed by atoms with van der Waals surface area (Å²) in [5, 5.41) is 3.48. The van der Waals surface area contributed by atoms with Crippen LogP contribution in [0.3, 0.4) is 0 Å². The summed E-state index contributed by atoms with van der Waals surface area (Å²) in [4.78, 5) is 2.57. The van der Waals surface area contributed by atoms with Crippen molar-refractivity contribution in [3.05, 3.63) is 35.9 Å². The van der Waals surface area contributed by atoms with Crippen LogP contribution in [0.5, 0.6) is 0 Å². The van der Waals surface area contributed by atoms with Crippen molar-refractivity contribution in [2.24, 2.45) is 0 Å². The topological polar surface area (TPSA) is 15.3 Å². The molecule has 0 amide bonds. The van der Waals surface area contributed by atoms with Crippen molar-refractivity contribution in [1.82, 2.24) is 10.2 Å². The number of hydrogen-bond acceptors (Lipinski definition) is 3. The first-order valence-corrected chi connectivity index (χ1v) is 7.57. The summed E-state index contributed by atoms with van der Waals surface area (Å²) in [6.45, 7) is 7.04. The molecule has 1 heterocycles. The molecule has 1 N–H and O–H groups in total. The molecule has 1 aromatic rings. The molecule has 0 unspecified atom stereocenters. The van der Waals surface area contributed by atoms with Gasteiger partial charge < -0.3 is 5.32 Å². The monoisotopic (exact) mass is 250 g/mol. The van der Waals surface area contributed by atoms with E-state index in [1.54, 1.807) is 0 Å². The maximum atomic E-state index is 3.48. The Morgan fingerprint density at radius 1 is 1.35 bits per heavy atom. The van der Waals surface area contributed by atoms with Crippen molar-refractivity contribution >= 4 is 11.8 Å². The summed E-state index contributed by atoms with van der Waals surface area (Å²) in [6, 6.07) is 11.4. The van der Waals surface area contributed by atoms with Crippen LogP contribution in [-0.2, 0) is 5.75 Å². The van der Waals surface area contributed by atoms with Crippen molar-refractivity contribution in [1.29, 1.82) is 0 Å². The number of rotatable bonds is 5. The standard InChI is InChI=1S/C14H22N2S/c1-13-11-16(8-7-15-13)9-10-17-12-14-5-3-2-4-6-14/h2-6,13,15H,7-12H2,1H3/t13-/m1/s1.